The molecule has 8 rings (SSSR count). The summed E-state index contributed by atoms with van der Waals surface area (Å²) in [6.45, 7) is 91.1. The Morgan fingerprint density at radius 2 is 0.832 bits per heavy atom. The third-order valence-electron chi connectivity index (χ3n) is 18.2. The highest BCUT2D eigenvalue weighted by Crippen LogP contribution is 2.23. The average molecular weight is 1360 g/mol. The number of rotatable bonds is 5. The molecule has 0 radical (unpaired) electrons. The van der Waals surface area contributed by atoms with E-state index in [-0.39, 0.29) is 17.2 Å². The van der Waals surface area contributed by atoms with E-state index in [0.717, 1.165) is 118 Å². The highest BCUT2D eigenvalue weighted by molar-refractivity contribution is 7.99. The smallest absolute Gasteiger partial charge is 0.410 e. The Morgan fingerprint density at radius 3 is 1.17 bits per heavy atom. The number of carbonyl (C=O) groups is 1. The Labute approximate surface area is 593 Å². The van der Waals surface area contributed by atoms with Gasteiger partial charge in [-0.15, -0.1) is 0 Å². The van der Waals surface area contributed by atoms with Gasteiger partial charge in [0, 0.05) is 220 Å². The number of nitrogens with zero attached hydrogens (tertiary/aromatic N) is 11. The van der Waals surface area contributed by atoms with Crippen LogP contribution in [0.2, 0.25) is 0 Å². The normalized spacial score (nSPS) is 20.6. The summed E-state index contributed by atoms with van der Waals surface area (Å²) in [4.78, 5) is 38.3. The van der Waals surface area contributed by atoms with Crippen molar-refractivity contribution < 1.29 is 23.7 Å². The summed E-state index contributed by atoms with van der Waals surface area (Å²) in [7, 11) is 6.04. The lowest BCUT2D eigenvalue weighted by Gasteiger charge is -2.43. The van der Waals surface area contributed by atoms with Crippen LogP contribution in [0.4, 0.5) is 10.5 Å². The van der Waals surface area contributed by atoms with E-state index < -0.39 is 5.60 Å². The second-order valence-corrected chi connectivity index (χ2v) is 37.3. The standard InChI is InChI=1S/C14H22N2.C13H26N2O2.C9H20N2.C9H19NO.C8H18N2.C8H17NO.C8H19NO.C8H17NS/c1-14(2,3)16-11-9-15(10-12-16)13-7-5-4-6-8-13;1-12(2,3)15-9-7-14(8-10-15)11(16)17-13(4,5)6;1-9(2,3)11-7-5-10(4)6-8-11;1-9(2,3)8-10-4-6-11-7-5-10;1-8(2,3)10-6-4-9-5-7-10;1-8(2,3)9-4-6-10-7-5-9;1-8(2,3)9(4)6-7-10-5;1-8(2,3)9-4-6-10-7-5-9/h4-8H,9-12H2,1-3H3;7-10H2,1-6H3;5-8H2,1-4H3;4-8H2,1-3H3;9H,4-7H2,1-3H3;4-7H2,1-3H3;6-7H2,1-5H3;4-7H2,1-3H3. The van der Waals surface area contributed by atoms with Crippen molar-refractivity contribution in [3.63, 3.8) is 0 Å². The van der Waals surface area contributed by atoms with E-state index in [2.05, 4.69) is 277 Å². The molecule has 1 aromatic carbocycles. The number of carbonyl (C=O) groups excluding carboxylic acids is 1. The van der Waals surface area contributed by atoms with Gasteiger partial charge in [-0.05, 0) is 198 Å². The number of hydrogen-bond donors (Lipinski definition) is 1. The number of thioether (sulfide) groups is 1. The summed E-state index contributed by atoms with van der Waals surface area (Å²) < 4.78 is 20.9. The molecule has 7 aliphatic rings. The van der Waals surface area contributed by atoms with Crippen molar-refractivity contribution in [2.75, 3.05) is 228 Å². The number of hydrogen-bond acceptors (Lipinski definition) is 17. The van der Waals surface area contributed by atoms with Gasteiger partial charge < -0.3 is 39.0 Å². The summed E-state index contributed by atoms with van der Waals surface area (Å²) in [5.74, 6) is 2.63. The van der Waals surface area contributed by atoms with Crippen molar-refractivity contribution in [2.24, 2.45) is 5.41 Å². The van der Waals surface area contributed by atoms with Gasteiger partial charge in [0.05, 0.1) is 33.0 Å². The van der Waals surface area contributed by atoms with Crippen molar-refractivity contribution in [1.82, 2.24) is 54.3 Å². The number of ether oxygens (including phenoxy) is 4. The van der Waals surface area contributed by atoms with E-state index in [4.69, 9.17) is 18.9 Å². The third kappa shape index (κ3) is 42.9. The Bertz CT molecular complexity index is 2000. The minimum atomic E-state index is -0.405. The molecule has 7 fully saturated rings. The van der Waals surface area contributed by atoms with Gasteiger partial charge in [0.2, 0.25) is 0 Å². The molecule has 0 atom stereocenters. The monoisotopic (exact) mass is 1360 g/mol. The van der Waals surface area contributed by atoms with Gasteiger partial charge in [0.15, 0.2) is 0 Å². The number of nitrogens with one attached hydrogen (secondary N) is 1. The third-order valence-corrected chi connectivity index (χ3v) is 19.2. The number of piperazine rings is 4. The van der Waals surface area contributed by atoms with Crippen LogP contribution in [0.15, 0.2) is 30.3 Å². The van der Waals surface area contributed by atoms with Crippen LogP contribution in [-0.2, 0) is 18.9 Å². The van der Waals surface area contributed by atoms with Crippen molar-refractivity contribution in [2.45, 2.75) is 231 Å². The number of methoxy groups -OCH3 is 1. The fraction of sp³-hybridized carbons (Fsp3) is 0.909. The van der Waals surface area contributed by atoms with Crippen LogP contribution in [0, 0.1) is 5.41 Å². The van der Waals surface area contributed by atoms with Gasteiger partial charge in [-0.2, -0.15) is 11.8 Å². The fourth-order valence-electron chi connectivity index (χ4n) is 11.4. The van der Waals surface area contributed by atoms with Crippen LogP contribution in [0.25, 0.3) is 0 Å². The SMILES string of the molecule is CC(C)(C)CN1CCOCC1.CC(C)(C)N1CCN(c2ccccc2)CC1.CC(C)(C)N1CCNCC1.CC(C)(C)N1CCOCC1.CC(C)(C)N1CCSCC1.CC(C)(C)OC(=O)N1CCN(C(C)(C)C)CC1.CN1CCN(C(C)(C)C)CC1.COCCN(C)C(C)(C)C. The van der Waals surface area contributed by atoms with Crippen molar-refractivity contribution >= 4 is 23.5 Å². The molecular formula is C77H158N12O5S. The quantitative estimate of drug-likeness (QED) is 0.302. The molecule has 95 heavy (non-hydrogen) atoms. The Hall–Kier alpha value is -1.88. The van der Waals surface area contributed by atoms with Gasteiger partial charge in [0.25, 0.3) is 0 Å². The zero-order chi connectivity index (χ0) is 72.7. The summed E-state index contributed by atoms with van der Waals surface area (Å²) in [5, 5.41) is 3.35. The molecule has 0 aromatic heterocycles. The van der Waals surface area contributed by atoms with Crippen molar-refractivity contribution in [3.05, 3.63) is 30.3 Å². The first-order chi connectivity index (χ1) is 43.5. The largest absolute Gasteiger partial charge is 0.444 e. The first-order valence-corrected chi connectivity index (χ1v) is 38.0. The lowest BCUT2D eigenvalue weighted by Crippen LogP contribution is -2.55. The number of para-hydroxylation sites is 1. The van der Waals surface area contributed by atoms with Crippen LogP contribution in [0.1, 0.15) is 187 Å². The molecule has 0 spiro atoms. The minimum Gasteiger partial charge on any atom is -0.444 e. The van der Waals surface area contributed by atoms with Gasteiger partial charge in [-0.1, -0.05) is 39.0 Å². The van der Waals surface area contributed by atoms with Gasteiger partial charge >= 0.3 is 6.09 Å². The number of anilines is 1. The molecule has 0 bridgehead atoms. The molecule has 0 aliphatic carbocycles. The average Bonchev–Trinajstić information content (AvgIpc) is 0.914. The van der Waals surface area contributed by atoms with Gasteiger partial charge in [0.1, 0.15) is 5.60 Å². The van der Waals surface area contributed by atoms with Crippen molar-refractivity contribution in [1.29, 1.82) is 0 Å². The van der Waals surface area contributed by atoms with E-state index in [1.165, 1.54) is 89.2 Å². The fourth-order valence-corrected chi connectivity index (χ4v) is 12.3. The van der Waals surface area contributed by atoms with E-state index in [1.807, 2.05) is 20.8 Å². The molecule has 1 aromatic rings. The molecule has 1 amide bonds. The van der Waals surface area contributed by atoms with Crippen LogP contribution in [0.5, 0.6) is 0 Å². The molecule has 17 nitrogen and oxygen atoms in total. The maximum atomic E-state index is 11.9. The van der Waals surface area contributed by atoms with Gasteiger partial charge in [-0.3, -0.25) is 39.2 Å². The van der Waals surface area contributed by atoms with Crippen LogP contribution in [-0.4, -0.2) is 322 Å². The van der Waals surface area contributed by atoms with Gasteiger partial charge in [-0.25, -0.2) is 4.79 Å². The predicted octanol–water partition coefficient (Wildman–Crippen LogP) is 12.3. The number of amides is 1. The molecule has 7 heterocycles. The van der Waals surface area contributed by atoms with Crippen LogP contribution in [0.3, 0.4) is 0 Å². The second kappa shape index (κ2) is 43.2. The molecule has 1 N–H and O–H groups in total. The zero-order valence-corrected chi connectivity index (χ0v) is 69.0. The summed E-state index contributed by atoms with van der Waals surface area (Å²) in [5.41, 5.74) is 3.57. The lowest BCUT2D eigenvalue weighted by molar-refractivity contribution is -0.00389. The van der Waals surface area contributed by atoms with Crippen LogP contribution < -0.4 is 10.2 Å². The number of benzene rings is 1. The van der Waals surface area contributed by atoms with E-state index in [1.54, 1.807) is 12.0 Å². The zero-order valence-electron chi connectivity index (χ0n) is 68.2. The molecular weight excluding hydrogens is 1200 g/mol. The maximum absolute atomic E-state index is 11.9. The molecule has 18 heteroatoms. The Balaban J connectivity index is 0.000000548. The molecule has 562 valence electrons. The lowest BCUT2D eigenvalue weighted by atomic mass is 9.96. The maximum Gasteiger partial charge on any atom is 0.410 e. The van der Waals surface area contributed by atoms with Crippen molar-refractivity contribution in [3.8, 4) is 0 Å². The minimum absolute atomic E-state index is 0.181. The molecule has 7 aliphatic heterocycles. The molecule has 7 saturated heterocycles. The highest BCUT2D eigenvalue weighted by atomic mass is 32.2. The summed E-state index contributed by atoms with van der Waals surface area (Å²) >= 11 is 2.07. The summed E-state index contributed by atoms with van der Waals surface area (Å²) in [6.07, 6.45) is -0.189. The van der Waals surface area contributed by atoms with E-state index in [0.29, 0.717) is 33.1 Å². The molecule has 0 saturated carbocycles. The topological polar surface area (TPSA) is 102 Å². The van der Waals surface area contributed by atoms with E-state index >= 15 is 0 Å². The second-order valence-electron chi connectivity index (χ2n) is 36.0. The highest BCUT2D eigenvalue weighted by Gasteiger charge is 2.32. The van der Waals surface area contributed by atoms with E-state index in [9.17, 15) is 4.79 Å². The first kappa shape index (κ1) is 91.1. The first-order valence-electron chi connectivity index (χ1n) is 36.9. The Kier molecular flexibility index (Phi) is 41.4. The molecule has 0 unspecified atom stereocenters. The number of likely N-dealkylation sites (N-methyl/N-ethyl adjacent to an activating group) is 2. The summed E-state index contributed by atoms with van der Waals surface area (Å²) in [6, 6.07) is 10.7. The number of morpholine rings is 2. The predicted molar refractivity (Wildman–Crippen MR) is 414 cm³/mol. The van der Waals surface area contributed by atoms with Crippen LogP contribution >= 0.6 is 11.8 Å². The Morgan fingerprint density at radius 1 is 0.474 bits per heavy atom.